The molecular formula is C16H25NO5. The fourth-order valence-electron chi connectivity index (χ4n) is 2.83. The minimum atomic E-state index is -0.858. The molecule has 6 nitrogen and oxygen atoms in total. The fraction of sp³-hybridized carbons (Fsp3) is 0.750. The van der Waals surface area contributed by atoms with Crippen LogP contribution in [-0.2, 0) is 23.8 Å². The highest BCUT2D eigenvalue weighted by atomic mass is 16.6. The van der Waals surface area contributed by atoms with Gasteiger partial charge < -0.3 is 19.5 Å². The van der Waals surface area contributed by atoms with Gasteiger partial charge in [-0.2, -0.15) is 0 Å². The van der Waals surface area contributed by atoms with Crippen LogP contribution in [0.3, 0.4) is 0 Å². The molecular weight excluding hydrogens is 286 g/mol. The van der Waals surface area contributed by atoms with Gasteiger partial charge in [-0.05, 0) is 25.2 Å². The molecule has 0 spiro atoms. The Morgan fingerprint density at radius 2 is 2.09 bits per heavy atom. The van der Waals surface area contributed by atoms with Crippen molar-refractivity contribution >= 4 is 11.9 Å². The summed E-state index contributed by atoms with van der Waals surface area (Å²) >= 11 is 0. The Morgan fingerprint density at radius 3 is 2.77 bits per heavy atom. The van der Waals surface area contributed by atoms with Crippen LogP contribution in [0.5, 0.6) is 0 Å². The Labute approximate surface area is 131 Å². The number of amides is 1. The van der Waals surface area contributed by atoms with Gasteiger partial charge in [0, 0.05) is 6.04 Å². The summed E-state index contributed by atoms with van der Waals surface area (Å²) in [5, 5.41) is 3.00. The van der Waals surface area contributed by atoms with Crippen molar-refractivity contribution in [2.24, 2.45) is 11.8 Å². The molecule has 0 unspecified atom stereocenters. The molecule has 2 aliphatic rings. The minimum absolute atomic E-state index is 0.00515. The molecule has 6 heteroatoms. The predicted molar refractivity (Wildman–Crippen MR) is 79.7 cm³/mol. The molecule has 1 saturated carbocycles. The van der Waals surface area contributed by atoms with Crippen LogP contribution in [0.25, 0.3) is 0 Å². The standard InChI is InChI=1S/C16H25NO5/c1-10-5-4-6-13(11(10)2)17-15(18)12(3)22-16(19)14-9-20-7-8-21-14/h9-13H,4-8H2,1-3H3,(H,17,18)/t10-,11+,12+,13+/m1/s1. The fourth-order valence-corrected chi connectivity index (χ4v) is 2.83. The van der Waals surface area contributed by atoms with Crippen molar-refractivity contribution < 1.29 is 23.8 Å². The van der Waals surface area contributed by atoms with Crippen LogP contribution in [0.2, 0.25) is 0 Å². The molecule has 22 heavy (non-hydrogen) atoms. The van der Waals surface area contributed by atoms with E-state index in [0.29, 0.717) is 25.0 Å². The third-order valence-electron chi connectivity index (χ3n) is 4.54. The van der Waals surface area contributed by atoms with Crippen LogP contribution >= 0.6 is 0 Å². The molecule has 0 aromatic rings. The molecule has 0 radical (unpaired) electrons. The Balaban J connectivity index is 1.84. The summed E-state index contributed by atoms with van der Waals surface area (Å²) in [5.41, 5.74) is 0. The first-order valence-electron chi connectivity index (χ1n) is 7.95. The molecule has 0 bridgehead atoms. The number of hydrogen-bond donors (Lipinski definition) is 1. The lowest BCUT2D eigenvalue weighted by Gasteiger charge is -2.35. The number of nitrogens with one attached hydrogen (secondary N) is 1. The van der Waals surface area contributed by atoms with E-state index in [1.54, 1.807) is 6.92 Å². The maximum Gasteiger partial charge on any atom is 0.377 e. The first-order chi connectivity index (χ1) is 10.5. The van der Waals surface area contributed by atoms with Gasteiger partial charge in [0.15, 0.2) is 6.10 Å². The van der Waals surface area contributed by atoms with Crippen molar-refractivity contribution in [3.63, 3.8) is 0 Å². The zero-order valence-electron chi connectivity index (χ0n) is 13.5. The van der Waals surface area contributed by atoms with E-state index in [0.717, 1.165) is 12.8 Å². The van der Waals surface area contributed by atoms with E-state index in [4.69, 9.17) is 14.2 Å². The molecule has 1 heterocycles. The first kappa shape index (κ1) is 16.6. The number of esters is 1. The van der Waals surface area contributed by atoms with Crippen molar-refractivity contribution in [2.75, 3.05) is 13.2 Å². The van der Waals surface area contributed by atoms with Gasteiger partial charge in [0.25, 0.3) is 5.91 Å². The molecule has 124 valence electrons. The highest BCUT2D eigenvalue weighted by molar-refractivity contribution is 5.89. The Kier molecular flexibility index (Phi) is 5.69. The summed E-state index contributed by atoms with van der Waals surface area (Å²) in [4.78, 5) is 24.0. The molecule has 0 aromatic heterocycles. The topological polar surface area (TPSA) is 73.9 Å². The number of hydrogen-bond acceptors (Lipinski definition) is 5. The van der Waals surface area contributed by atoms with Gasteiger partial charge in [-0.3, -0.25) is 4.79 Å². The van der Waals surface area contributed by atoms with Crippen molar-refractivity contribution in [1.29, 1.82) is 0 Å². The van der Waals surface area contributed by atoms with Gasteiger partial charge in [-0.25, -0.2) is 4.79 Å². The molecule has 2 rings (SSSR count). The van der Waals surface area contributed by atoms with Crippen molar-refractivity contribution in [2.45, 2.75) is 52.2 Å². The zero-order chi connectivity index (χ0) is 16.1. The molecule has 0 saturated heterocycles. The smallest absolute Gasteiger partial charge is 0.377 e. The lowest BCUT2D eigenvalue weighted by molar-refractivity contribution is -0.155. The summed E-state index contributed by atoms with van der Waals surface area (Å²) in [6.45, 7) is 6.64. The van der Waals surface area contributed by atoms with E-state index in [1.165, 1.54) is 12.7 Å². The van der Waals surface area contributed by atoms with Crippen LogP contribution in [0, 0.1) is 11.8 Å². The molecule has 0 aromatic carbocycles. The second kappa shape index (κ2) is 7.51. The van der Waals surface area contributed by atoms with E-state index >= 15 is 0 Å². The van der Waals surface area contributed by atoms with Crippen LogP contribution in [0.15, 0.2) is 12.0 Å². The zero-order valence-corrected chi connectivity index (χ0v) is 13.5. The SMILES string of the molecule is C[C@H]1[C@H](C)CCC[C@@H]1NC(=O)[C@H](C)OC(=O)C1=COCCO1. The summed E-state index contributed by atoms with van der Waals surface area (Å²) in [5.74, 6) is 0.0860. The Hall–Kier alpha value is -1.72. The number of carbonyl (C=O) groups is 2. The summed E-state index contributed by atoms with van der Waals surface area (Å²) < 4.78 is 15.3. The normalized spacial score (nSPS) is 29.4. The maximum absolute atomic E-state index is 12.2. The van der Waals surface area contributed by atoms with Gasteiger partial charge in [0.2, 0.25) is 5.76 Å². The maximum atomic E-state index is 12.2. The summed E-state index contributed by atoms with van der Waals surface area (Å²) in [7, 11) is 0. The second-order valence-electron chi connectivity index (χ2n) is 6.13. The van der Waals surface area contributed by atoms with Crippen LogP contribution in [-0.4, -0.2) is 37.2 Å². The largest absolute Gasteiger partial charge is 0.493 e. The summed E-state index contributed by atoms with van der Waals surface area (Å²) in [6.07, 6.45) is 3.65. The van der Waals surface area contributed by atoms with Gasteiger partial charge in [-0.15, -0.1) is 0 Å². The van der Waals surface area contributed by atoms with E-state index in [2.05, 4.69) is 19.2 Å². The van der Waals surface area contributed by atoms with Crippen LogP contribution in [0.1, 0.15) is 40.0 Å². The first-order valence-corrected chi connectivity index (χ1v) is 7.95. The average molecular weight is 311 g/mol. The molecule has 1 N–H and O–H groups in total. The van der Waals surface area contributed by atoms with Gasteiger partial charge in [0.05, 0.1) is 0 Å². The number of rotatable bonds is 4. The van der Waals surface area contributed by atoms with Crippen molar-refractivity contribution in [3.8, 4) is 0 Å². The number of ether oxygens (including phenoxy) is 3. The highest BCUT2D eigenvalue weighted by Crippen LogP contribution is 2.29. The highest BCUT2D eigenvalue weighted by Gasteiger charge is 2.30. The van der Waals surface area contributed by atoms with E-state index in [1.807, 2.05) is 0 Å². The van der Waals surface area contributed by atoms with E-state index in [-0.39, 0.29) is 17.7 Å². The Morgan fingerprint density at radius 1 is 1.32 bits per heavy atom. The Bertz CT molecular complexity index is 448. The minimum Gasteiger partial charge on any atom is -0.493 e. The van der Waals surface area contributed by atoms with E-state index < -0.39 is 12.1 Å². The molecule has 1 fully saturated rings. The van der Waals surface area contributed by atoms with Crippen molar-refractivity contribution in [1.82, 2.24) is 5.32 Å². The molecule has 1 aliphatic carbocycles. The van der Waals surface area contributed by atoms with Crippen LogP contribution < -0.4 is 5.32 Å². The monoisotopic (exact) mass is 311 g/mol. The average Bonchev–Trinajstić information content (AvgIpc) is 2.52. The third-order valence-corrected chi connectivity index (χ3v) is 4.54. The summed E-state index contributed by atoms with van der Waals surface area (Å²) in [6, 6.07) is 0.144. The predicted octanol–water partition coefficient (Wildman–Crippen LogP) is 1.75. The van der Waals surface area contributed by atoms with Gasteiger partial charge in [-0.1, -0.05) is 26.7 Å². The quantitative estimate of drug-likeness (QED) is 0.801. The van der Waals surface area contributed by atoms with Crippen molar-refractivity contribution in [3.05, 3.63) is 12.0 Å². The number of carbonyl (C=O) groups excluding carboxylic acids is 2. The second-order valence-corrected chi connectivity index (χ2v) is 6.13. The lowest BCUT2D eigenvalue weighted by atomic mass is 9.78. The molecule has 4 atom stereocenters. The lowest BCUT2D eigenvalue weighted by Crippen LogP contribution is -2.47. The van der Waals surface area contributed by atoms with Gasteiger partial charge in [0.1, 0.15) is 19.5 Å². The van der Waals surface area contributed by atoms with Crippen LogP contribution in [0.4, 0.5) is 0 Å². The third kappa shape index (κ3) is 4.15. The molecule has 1 amide bonds. The molecule has 1 aliphatic heterocycles. The van der Waals surface area contributed by atoms with E-state index in [9.17, 15) is 9.59 Å². The van der Waals surface area contributed by atoms with Gasteiger partial charge >= 0.3 is 5.97 Å².